The number of esters is 1. The first-order valence-electron chi connectivity index (χ1n) is 9.99. The van der Waals surface area contributed by atoms with E-state index in [2.05, 4.69) is 5.32 Å². The van der Waals surface area contributed by atoms with Gasteiger partial charge >= 0.3 is 5.97 Å². The lowest BCUT2D eigenvalue weighted by Gasteiger charge is -2.18. The SMILES string of the molecule is CCC[C@@H](C)NC(=O)COC(=O)c1ccccc1C(=O)c1ccc2c(c1)OCCO2. The molecule has 0 bridgehead atoms. The van der Waals surface area contributed by atoms with Gasteiger partial charge in [0, 0.05) is 17.2 Å². The van der Waals surface area contributed by atoms with Crippen LogP contribution in [0.25, 0.3) is 0 Å². The average molecular weight is 411 g/mol. The normalized spacial score (nSPS) is 13.3. The first-order valence-corrected chi connectivity index (χ1v) is 9.99. The van der Waals surface area contributed by atoms with E-state index in [4.69, 9.17) is 14.2 Å². The van der Waals surface area contributed by atoms with Crippen LogP contribution in [0.1, 0.15) is 53.0 Å². The van der Waals surface area contributed by atoms with E-state index in [1.54, 1.807) is 36.4 Å². The summed E-state index contributed by atoms with van der Waals surface area (Å²) in [6.07, 6.45) is 1.78. The number of hydrogen-bond donors (Lipinski definition) is 1. The molecule has 158 valence electrons. The second-order valence-electron chi connectivity index (χ2n) is 7.07. The van der Waals surface area contributed by atoms with Crippen LogP contribution >= 0.6 is 0 Å². The molecule has 2 aromatic carbocycles. The Kier molecular flexibility index (Phi) is 7.06. The molecule has 1 amide bonds. The Morgan fingerprint density at radius 1 is 1.03 bits per heavy atom. The van der Waals surface area contributed by atoms with Crippen molar-refractivity contribution in [2.75, 3.05) is 19.8 Å². The molecule has 0 saturated carbocycles. The van der Waals surface area contributed by atoms with E-state index in [1.807, 2.05) is 13.8 Å². The molecule has 0 unspecified atom stereocenters. The molecule has 0 saturated heterocycles. The van der Waals surface area contributed by atoms with E-state index in [1.165, 1.54) is 6.07 Å². The van der Waals surface area contributed by atoms with Crippen molar-refractivity contribution in [1.82, 2.24) is 5.32 Å². The lowest BCUT2D eigenvalue weighted by atomic mass is 9.98. The van der Waals surface area contributed by atoms with E-state index >= 15 is 0 Å². The Hall–Kier alpha value is -3.35. The molecule has 0 aromatic heterocycles. The highest BCUT2D eigenvalue weighted by atomic mass is 16.6. The maximum Gasteiger partial charge on any atom is 0.339 e. The van der Waals surface area contributed by atoms with Crippen LogP contribution in [0.4, 0.5) is 0 Å². The lowest BCUT2D eigenvalue weighted by molar-refractivity contribution is -0.124. The fourth-order valence-corrected chi connectivity index (χ4v) is 3.23. The maximum atomic E-state index is 13.0. The number of nitrogens with one attached hydrogen (secondary N) is 1. The maximum absolute atomic E-state index is 13.0. The van der Waals surface area contributed by atoms with Crippen LogP contribution in [0.15, 0.2) is 42.5 Å². The average Bonchev–Trinajstić information content (AvgIpc) is 2.76. The van der Waals surface area contributed by atoms with E-state index < -0.39 is 12.6 Å². The van der Waals surface area contributed by atoms with Gasteiger partial charge in [0.1, 0.15) is 13.2 Å². The number of amides is 1. The van der Waals surface area contributed by atoms with Crippen LogP contribution in [0.5, 0.6) is 11.5 Å². The third-order valence-electron chi connectivity index (χ3n) is 4.66. The summed E-state index contributed by atoms with van der Waals surface area (Å²) in [6.45, 7) is 4.38. The van der Waals surface area contributed by atoms with Crippen LogP contribution in [0.3, 0.4) is 0 Å². The summed E-state index contributed by atoms with van der Waals surface area (Å²) in [4.78, 5) is 37.5. The van der Waals surface area contributed by atoms with Crippen LogP contribution in [0.2, 0.25) is 0 Å². The van der Waals surface area contributed by atoms with Gasteiger partial charge in [0.25, 0.3) is 5.91 Å². The van der Waals surface area contributed by atoms with Gasteiger partial charge in [-0.3, -0.25) is 9.59 Å². The van der Waals surface area contributed by atoms with Crippen molar-refractivity contribution in [2.45, 2.75) is 32.7 Å². The minimum Gasteiger partial charge on any atom is -0.486 e. The molecule has 0 fully saturated rings. The van der Waals surface area contributed by atoms with Gasteiger partial charge < -0.3 is 19.5 Å². The summed E-state index contributed by atoms with van der Waals surface area (Å²) in [6, 6.07) is 11.3. The Morgan fingerprint density at radius 2 is 1.73 bits per heavy atom. The Morgan fingerprint density at radius 3 is 2.47 bits per heavy atom. The summed E-state index contributed by atoms with van der Waals surface area (Å²) >= 11 is 0. The van der Waals surface area contributed by atoms with Gasteiger partial charge in [-0.15, -0.1) is 0 Å². The van der Waals surface area contributed by atoms with Crippen LogP contribution in [-0.4, -0.2) is 43.5 Å². The van der Waals surface area contributed by atoms with Crippen molar-refractivity contribution < 1.29 is 28.6 Å². The van der Waals surface area contributed by atoms with E-state index in [-0.39, 0.29) is 28.9 Å². The molecule has 1 aliphatic rings. The molecule has 0 radical (unpaired) electrons. The summed E-state index contributed by atoms with van der Waals surface area (Å²) in [5.74, 6) is -0.380. The van der Waals surface area contributed by atoms with Gasteiger partial charge in [-0.25, -0.2) is 4.79 Å². The van der Waals surface area contributed by atoms with Gasteiger partial charge in [0.05, 0.1) is 5.56 Å². The zero-order valence-corrected chi connectivity index (χ0v) is 17.1. The van der Waals surface area contributed by atoms with Crippen molar-refractivity contribution in [3.8, 4) is 11.5 Å². The van der Waals surface area contributed by atoms with Crippen molar-refractivity contribution >= 4 is 17.7 Å². The zero-order chi connectivity index (χ0) is 21.5. The molecule has 1 heterocycles. The summed E-state index contributed by atoms with van der Waals surface area (Å²) in [7, 11) is 0. The number of rotatable bonds is 8. The molecule has 1 N–H and O–H groups in total. The number of carbonyl (C=O) groups is 3. The van der Waals surface area contributed by atoms with Crippen LogP contribution < -0.4 is 14.8 Å². The van der Waals surface area contributed by atoms with Gasteiger partial charge in [-0.2, -0.15) is 0 Å². The van der Waals surface area contributed by atoms with E-state index in [9.17, 15) is 14.4 Å². The number of fused-ring (bicyclic) bond motifs is 1. The predicted molar refractivity (Wildman–Crippen MR) is 110 cm³/mol. The molecule has 30 heavy (non-hydrogen) atoms. The van der Waals surface area contributed by atoms with Crippen molar-refractivity contribution in [3.05, 3.63) is 59.2 Å². The molecule has 3 rings (SSSR count). The van der Waals surface area contributed by atoms with Crippen LogP contribution in [0, 0.1) is 0 Å². The molecular formula is C23H25NO6. The van der Waals surface area contributed by atoms with Crippen molar-refractivity contribution in [1.29, 1.82) is 0 Å². The van der Waals surface area contributed by atoms with Crippen molar-refractivity contribution in [2.24, 2.45) is 0 Å². The third kappa shape index (κ3) is 5.17. The second kappa shape index (κ2) is 9.91. The fraction of sp³-hybridized carbons (Fsp3) is 0.348. The predicted octanol–water partition coefficient (Wildman–Crippen LogP) is 3.15. The molecule has 0 aliphatic carbocycles. The number of benzene rings is 2. The molecule has 1 atom stereocenters. The van der Waals surface area contributed by atoms with Gasteiger partial charge in [0.15, 0.2) is 23.9 Å². The highest BCUT2D eigenvalue weighted by Crippen LogP contribution is 2.31. The summed E-state index contributed by atoms with van der Waals surface area (Å²) in [5.41, 5.74) is 0.663. The van der Waals surface area contributed by atoms with Gasteiger partial charge in [-0.1, -0.05) is 31.5 Å². The molecular weight excluding hydrogens is 386 g/mol. The molecule has 2 aromatic rings. The fourth-order valence-electron chi connectivity index (χ4n) is 3.23. The van der Waals surface area contributed by atoms with Gasteiger partial charge in [0.2, 0.25) is 0 Å². The Balaban J connectivity index is 1.71. The summed E-state index contributed by atoms with van der Waals surface area (Å²) < 4.78 is 16.1. The quantitative estimate of drug-likeness (QED) is 0.530. The van der Waals surface area contributed by atoms with Crippen LogP contribution in [-0.2, 0) is 9.53 Å². The standard InChI is InChI=1S/C23H25NO6/c1-3-6-15(2)24-21(25)14-30-23(27)18-8-5-4-7-17(18)22(26)16-9-10-19-20(13-16)29-12-11-28-19/h4-5,7-10,13,15H,3,6,11-12,14H2,1-2H3,(H,24,25)/t15-/m1/s1. The minimum atomic E-state index is -0.727. The number of hydrogen-bond acceptors (Lipinski definition) is 6. The lowest BCUT2D eigenvalue weighted by Crippen LogP contribution is -2.35. The molecule has 7 heteroatoms. The van der Waals surface area contributed by atoms with E-state index in [0.717, 1.165) is 12.8 Å². The zero-order valence-electron chi connectivity index (χ0n) is 17.1. The highest BCUT2D eigenvalue weighted by Gasteiger charge is 2.22. The highest BCUT2D eigenvalue weighted by molar-refractivity contribution is 6.14. The second-order valence-corrected chi connectivity index (χ2v) is 7.07. The largest absolute Gasteiger partial charge is 0.486 e. The monoisotopic (exact) mass is 411 g/mol. The molecule has 0 spiro atoms. The minimum absolute atomic E-state index is 0.00488. The van der Waals surface area contributed by atoms with E-state index in [0.29, 0.717) is 30.3 Å². The Bertz CT molecular complexity index is 939. The number of ether oxygens (including phenoxy) is 3. The number of ketones is 1. The topological polar surface area (TPSA) is 90.9 Å². The molecule has 7 nitrogen and oxygen atoms in total. The smallest absolute Gasteiger partial charge is 0.339 e. The summed E-state index contributed by atoms with van der Waals surface area (Å²) in [5, 5.41) is 2.77. The van der Waals surface area contributed by atoms with Crippen molar-refractivity contribution in [3.63, 3.8) is 0 Å². The number of carbonyl (C=O) groups excluding carboxylic acids is 3. The van der Waals surface area contributed by atoms with Gasteiger partial charge in [-0.05, 0) is 37.6 Å². The Labute approximate surface area is 175 Å². The molecule has 1 aliphatic heterocycles. The first-order chi connectivity index (χ1) is 14.5. The first kappa shape index (κ1) is 21.4. The third-order valence-corrected chi connectivity index (χ3v) is 4.66.